The first kappa shape index (κ1) is 17.1. The van der Waals surface area contributed by atoms with Crippen LogP contribution >= 0.6 is 13.7 Å². The molecule has 122 valence electrons. The number of nitrogens with zero attached hydrogens (tertiary/aromatic N) is 1. The Kier molecular flexibility index (Phi) is 5.20. The molecule has 6 heteroatoms. The predicted molar refractivity (Wildman–Crippen MR) is 102 cm³/mol. The zero-order chi connectivity index (χ0) is 16.3. The summed E-state index contributed by atoms with van der Waals surface area (Å²) in [5.74, 6) is 0. The zero-order valence-corrected chi connectivity index (χ0v) is 15.8. The fraction of sp³-hybridized carbons (Fsp3) is 0.294. The van der Waals surface area contributed by atoms with Gasteiger partial charge < -0.3 is 9.09 Å². The fourth-order valence-electron chi connectivity index (χ4n) is 3.01. The molecule has 1 fully saturated rings. The van der Waals surface area contributed by atoms with E-state index in [1.807, 2.05) is 72.0 Å². The Morgan fingerprint density at radius 1 is 1.13 bits per heavy atom. The van der Waals surface area contributed by atoms with Crippen LogP contribution in [0.4, 0.5) is 0 Å². The normalized spacial score (nSPS) is 24.4. The lowest BCUT2D eigenvalue weighted by molar-refractivity contribution is 0.360. The maximum atomic E-state index is 13.8. The second-order valence-electron chi connectivity index (χ2n) is 5.48. The molecular weight excluding hydrogens is 344 g/mol. The molecule has 23 heavy (non-hydrogen) atoms. The smallest absolute Gasteiger partial charge is 0.184 e. The molecule has 2 aromatic carbocycles. The monoisotopic (exact) mass is 365 g/mol. The molecule has 1 aliphatic heterocycles. The highest BCUT2D eigenvalue weighted by molar-refractivity contribution is 8.17. The summed E-state index contributed by atoms with van der Waals surface area (Å²) in [7, 11) is -2.70. The zero-order valence-electron chi connectivity index (χ0n) is 13.2. The molecule has 1 heterocycles. The van der Waals surface area contributed by atoms with E-state index in [0.717, 1.165) is 23.6 Å². The van der Waals surface area contributed by atoms with Crippen LogP contribution in [0.5, 0.6) is 0 Å². The molecule has 2 aromatic rings. The lowest BCUT2D eigenvalue weighted by Crippen LogP contribution is -2.26. The maximum Gasteiger partial charge on any atom is 0.184 e. The maximum absolute atomic E-state index is 13.8. The Hall–Kier alpha value is -0.760. The minimum absolute atomic E-state index is 0.525. The quantitative estimate of drug-likeness (QED) is 0.750. The largest absolute Gasteiger partial charge is 0.335 e. The molecule has 1 aliphatic rings. The highest BCUT2D eigenvalue weighted by Gasteiger charge is 2.46. The van der Waals surface area contributed by atoms with Crippen LogP contribution in [0.15, 0.2) is 60.7 Å². The molecule has 0 aromatic heterocycles. The van der Waals surface area contributed by atoms with Crippen LogP contribution in [-0.2, 0) is 20.9 Å². The van der Waals surface area contributed by atoms with Crippen LogP contribution in [0, 0.1) is 0 Å². The first-order valence-corrected chi connectivity index (χ1v) is 12.4. The fourth-order valence-corrected chi connectivity index (χ4v) is 11.8. The molecule has 1 saturated heterocycles. The van der Waals surface area contributed by atoms with Crippen LogP contribution in [0.1, 0.15) is 13.3 Å². The molecule has 0 spiro atoms. The van der Waals surface area contributed by atoms with Crippen LogP contribution in [0.2, 0.25) is 0 Å². The first-order chi connectivity index (χ1) is 11.1. The van der Waals surface area contributed by atoms with E-state index in [4.69, 9.17) is 16.3 Å². The van der Waals surface area contributed by atoms with E-state index in [-0.39, 0.29) is 0 Å². The molecule has 0 bridgehead atoms. The van der Waals surface area contributed by atoms with E-state index >= 15 is 0 Å². The Balaban J connectivity index is 2.10. The van der Waals surface area contributed by atoms with Crippen molar-refractivity contribution in [3.8, 4) is 0 Å². The van der Waals surface area contributed by atoms with Gasteiger partial charge in [-0.15, -0.1) is 0 Å². The summed E-state index contributed by atoms with van der Waals surface area (Å²) >= 11 is 6.02. The van der Waals surface area contributed by atoms with Gasteiger partial charge in [-0.2, -0.15) is 4.44 Å². The SMILES string of the molecule is CCOP(=S)(c1ccccc1)N1CCCP1(=O)c1ccccc1. The number of benzene rings is 2. The van der Waals surface area contributed by atoms with Crippen molar-refractivity contribution in [3.05, 3.63) is 60.7 Å². The van der Waals surface area contributed by atoms with Crippen molar-refractivity contribution in [2.75, 3.05) is 19.3 Å². The first-order valence-electron chi connectivity index (χ1n) is 7.84. The molecule has 3 rings (SSSR count). The third kappa shape index (κ3) is 3.12. The highest BCUT2D eigenvalue weighted by Crippen LogP contribution is 2.68. The van der Waals surface area contributed by atoms with Crippen molar-refractivity contribution >= 4 is 36.1 Å². The average Bonchev–Trinajstić information content (AvgIpc) is 3.00. The molecule has 3 nitrogen and oxygen atoms in total. The average molecular weight is 365 g/mol. The molecule has 0 amide bonds. The summed E-state index contributed by atoms with van der Waals surface area (Å²) < 4.78 is 22.0. The molecule has 2 unspecified atom stereocenters. The van der Waals surface area contributed by atoms with Gasteiger partial charge in [0.15, 0.2) is 13.7 Å². The van der Waals surface area contributed by atoms with Gasteiger partial charge in [0, 0.05) is 23.3 Å². The molecule has 0 saturated carbocycles. The number of rotatable bonds is 5. The van der Waals surface area contributed by atoms with Crippen molar-refractivity contribution in [1.29, 1.82) is 0 Å². The summed E-state index contributed by atoms with van der Waals surface area (Å²) in [5.41, 5.74) is 0. The van der Waals surface area contributed by atoms with E-state index in [1.165, 1.54) is 0 Å². The van der Waals surface area contributed by atoms with Gasteiger partial charge in [0.25, 0.3) is 0 Å². The molecule has 0 aliphatic carbocycles. The summed E-state index contributed by atoms with van der Waals surface area (Å²) in [6.07, 6.45) is -0.934. The summed E-state index contributed by atoms with van der Waals surface area (Å²) in [5, 5.41) is 1.87. The van der Waals surface area contributed by atoms with Crippen molar-refractivity contribution in [3.63, 3.8) is 0 Å². The number of hydrogen-bond donors (Lipinski definition) is 0. The number of hydrogen-bond acceptors (Lipinski definition) is 3. The Morgan fingerprint density at radius 3 is 2.35 bits per heavy atom. The van der Waals surface area contributed by atoms with Crippen molar-refractivity contribution in [1.82, 2.24) is 4.44 Å². The van der Waals surface area contributed by atoms with Crippen LogP contribution in [-0.4, -0.2) is 23.8 Å². The Morgan fingerprint density at radius 2 is 1.74 bits per heavy atom. The van der Waals surface area contributed by atoms with Gasteiger partial charge in [0.1, 0.15) is 0 Å². The minimum atomic E-state index is -2.70. The third-order valence-electron chi connectivity index (χ3n) is 4.04. The molecule has 0 N–H and O–H groups in total. The van der Waals surface area contributed by atoms with Crippen LogP contribution in [0.25, 0.3) is 0 Å². The predicted octanol–water partition coefficient (Wildman–Crippen LogP) is 3.97. The second-order valence-corrected chi connectivity index (χ2v) is 12.4. The molecule has 2 atom stereocenters. The van der Waals surface area contributed by atoms with E-state index in [1.54, 1.807) is 0 Å². The minimum Gasteiger partial charge on any atom is -0.335 e. The van der Waals surface area contributed by atoms with Gasteiger partial charge in [0.05, 0.1) is 6.61 Å². The van der Waals surface area contributed by atoms with E-state index in [2.05, 4.69) is 0 Å². The Labute approximate surface area is 143 Å². The van der Waals surface area contributed by atoms with Crippen LogP contribution < -0.4 is 10.6 Å². The lowest BCUT2D eigenvalue weighted by Gasteiger charge is -2.35. The van der Waals surface area contributed by atoms with Gasteiger partial charge in [-0.25, -0.2) is 0 Å². The van der Waals surface area contributed by atoms with Gasteiger partial charge >= 0.3 is 0 Å². The standard InChI is InChI=1S/C17H21NO2P2S/c1-2-20-22(23,17-12-7-4-8-13-17)18-14-9-15-21(18,19)16-10-5-3-6-11-16/h3-8,10-13H,2,9,14-15H2,1H3. The summed E-state index contributed by atoms with van der Waals surface area (Å²) in [6.45, 7) is 3.21. The molecular formula is C17H21NO2P2S. The molecule has 0 radical (unpaired) electrons. The third-order valence-corrected chi connectivity index (χ3v) is 12.9. The van der Waals surface area contributed by atoms with Crippen molar-refractivity contribution < 1.29 is 9.09 Å². The van der Waals surface area contributed by atoms with E-state index in [0.29, 0.717) is 12.8 Å². The topological polar surface area (TPSA) is 29.5 Å². The van der Waals surface area contributed by atoms with Gasteiger partial charge in [-0.1, -0.05) is 60.7 Å². The second kappa shape index (κ2) is 7.01. The lowest BCUT2D eigenvalue weighted by atomic mass is 10.4. The summed E-state index contributed by atoms with van der Waals surface area (Å²) in [6, 6.07) is 19.7. The highest BCUT2D eigenvalue weighted by atomic mass is 32.4. The van der Waals surface area contributed by atoms with E-state index in [9.17, 15) is 4.57 Å². The summed E-state index contributed by atoms with van der Waals surface area (Å²) in [4.78, 5) is 0. The van der Waals surface area contributed by atoms with Crippen molar-refractivity contribution in [2.24, 2.45) is 0 Å². The van der Waals surface area contributed by atoms with Gasteiger partial charge in [-0.3, -0.25) is 0 Å². The van der Waals surface area contributed by atoms with Crippen LogP contribution in [0.3, 0.4) is 0 Å². The van der Waals surface area contributed by atoms with Gasteiger partial charge in [-0.05, 0) is 25.2 Å². The Bertz CT molecular complexity index is 752. The van der Waals surface area contributed by atoms with E-state index < -0.39 is 13.7 Å². The van der Waals surface area contributed by atoms with Gasteiger partial charge in [0.2, 0.25) is 0 Å². The van der Waals surface area contributed by atoms with Crippen molar-refractivity contribution in [2.45, 2.75) is 13.3 Å².